The fraction of sp³-hybridized carbons (Fsp3) is 0.250. The maximum absolute atomic E-state index is 13.1. The van der Waals surface area contributed by atoms with Gasteiger partial charge in [0.15, 0.2) is 0 Å². The van der Waals surface area contributed by atoms with Crippen LogP contribution in [0.15, 0.2) is 36.4 Å². The zero-order chi connectivity index (χ0) is 14.3. The largest absolute Gasteiger partial charge is 0.485 e. The van der Waals surface area contributed by atoms with Gasteiger partial charge in [-0.05, 0) is 31.2 Å². The van der Waals surface area contributed by atoms with Crippen LogP contribution in [-0.2, 0) is 0 Å². The summed E-state index contributed by atoms with van der Waals surface area (Å²) in [4.78, 5) is 0. The molecular formula is C16H14ClFO2. The van der Waals surface area contributed by atoms with E-state index in [-0.39, 0.29) is 11.9 Å². The molecule has 104 valence electrons. The molecule has 2 unspecified atom stereocenters. The molecular weight excluding hydrogens is 279 g/mol. The number of aliphatic hydroxyl groups is 1. The molecule has 2 atom stereocenters. The van der Waals surface area contributed by atoms with Crippen LogP contribution in [0.2, 0.25) is 5.02 Å². The van der Waals surface area contributed by atoms with Crippen molar-refractivity contribution < 1.29 is 14.2 Å². The summed E-state index contributed by atoms with van der Waals surface area (Å²) in [5.41, 5.74) is 2.56. The van der Waals surface area contributed by atoms with E-state index in [0.717, 1.165) is 11.1 Å². The van der Waals surface area contributed by atoms with Crippen molar-refractivity contribution in [2.45, 2.75) is 25.6 Å². The van der Waals surface area contributed by atoms with Crippen LogP contribution in [0.25, 0.3) is 0 Å². The van der Waals surface area contributed by atoms with Crippen LogP contribution < -0.4 is 4.74 Å². The van der Waals surface area contributed by atoms with E-state index in [1.165, 1.54) is 12.1 Å². The minimum atomic E-state index is -0.607. The van der Waals surface area contributed by atoms with Crippen molar-refractivity contribution in [1.82, 2.24) is 0 Å². The molecule has 0 saturated heterocycles. The number of aryl methyl sites for hydroxylation is 1. The highest BCUT2D eigenvalue weighted by Crippen LogP contribution is 2.42. The highest BCUT2D eigenvalue weighted by Gasteiger charge is 2.29. The summed E-state index contributed by atoms with van der Waals surface area (Å²) in [6, 6.07) is 9.91. The van der Waals surface area contributed by atoms with Gasteiger partial charge >= 0.3 is 0 Å². The van der Waals surface area contributed by atoms with Gasteiger partial charge in [0.05, 0.1) is 11.1 Å². The first-order valence-electron chi connectivity index (χ1n) is 6.45. The average molecular weight is 293 g/mol. The molecule has 0 saturated carbocycles. The van der Waals surface area contributed by atoms with Crippen LogP contribution in [0.1, 0.15) is 35.3 Å². The molecule has 0 amide bonds. The lowest BCUT2D eigenvalue weighted by Crippen LogP contribution is -2.19. The Morgan fingerprint density at radius 3 is 2.75 bits per heavy atom. The van der Waals surface area contributed by atoms with Crippen molar-refractivity contribution in [3.05, 3.63) is 63.9 Å². The third kappa shape index (κ3) is 2.39. The summed E-state index contributed by atoms with van der Waals surface area (Å²) in [7, 11) is 0. The van der Waals surface area contributed by atoms with Gasteiger partial charge in [-0.3, -0.25) is 0 Å². The van der Waals surface area contributed by atoms with Crippen molar-refractivity contribution in [3.63, 3.8) is 0 Å². The molecule has 0 aliphatic carbocycles. The van der Waals surface area contributed by atoms with E-state index in [9.17, 15) is 9.50 Å². The first-order valence-corrected chi connectivity index (χ1v) is 6.82. The Bertz CT molecular complexity index is 657. The first kappa shape index (κ1) is 13.4. The molecule has 0 spiro atoms. The molecule has 1 N–H and O–H groups in total. The molecule has 0 fully saturated rings. The number of hydrogen-bond donors (Lipinski definition) is 1. The minimum absolute atomic E-state index is 0.317. The summed E-state index contributed by atoms with van der Waals surface area (Å²) >= 11 is 6.06. The number of aliphatic hydroxyl groups excluding tert-OH is 1. The Balaban J connectivity index is 1.97. The fourth-order valence-electron chi connectivity index (χ4n) is 2.52. The number of hydrogen-bond acceptors (Lipinski definition) is 2. The van der Waals surface area contributed by atoms with Crippen LogP contribution in [0.5, 0.6) is 5.75 Å². The highest BCUT2D eigenvalue weighted by atomic mass is 35.5. The van der Waals surface area contributed by atoms with E-state index in [1.54, 1.807) is 6.07 Å². The van der Waals surface area contributed by atoms with Gasteiger partial charge in [0, 0.05) is 17.5 Å². The van der Waals surface area contributed by atoms with Crippen molar-refractivity contribution in [3.8, 4) is 5.75 Å². The monoisotopic (exact) mass is 292 g/mol. The van der Waals surface area contributed by atoms with Gasteiger partial charge in [0.25, 0.3) is 0 Å². The lowest BCUT2D eigenvalue weighted by atomic mass is 9.94. The maximum Gasteiger partial charge on any atom is 0.128 e. The van der Waals surface area contributed by atoms with Gasteiger partial charge in [0.1, 0.15) is 17.7 Å². The Hall–Kier alpha value is -1.58. The second kappa shape index (κ2) is 5.08. The molecule has 4 heteroatoms. The van der Waals surface area contributed by atoms with Crippen molar-refractivity contribution in [2.75, 3.05) is 0 Å². The van der Waals surface area contributed by atoms with Gasteiger partial charge in [0.2, 0.25) is 0 Å². The van der Waals surface area contributed by atoms with Crippen LogP contribution in [0, 0.1) is 12.7 Å². The number of benzene rings is 2. The predicted octanol–water partition coefficient (Wildman–Crippen LogP) is 4.34. The molecule has 3 rings (SSSR count). The molecule has 2 nitrogen and oxygen atoms in total. The van der Waals surface area contributed by atoms with Gasteiger partial charge in [-0.15, -0.1) is 0 Å². The first-order chi connectivity index (χ1) is 9.54. The smallest absolute Gasteiger partial charge is 0.128 e. The average Bonchev–Trinajstić information content (AvgIpc) is 2.39. The Kier molecular flexibility index (Phi) is 3.40. The molecule has 0 bridgehead atoms. The molecule has 2 aromatic carbocycles. The third-order valence-electron chi connectivity index (χ3n) is 3.54. The molecule has 0 aromatic heterocycles. The molecule has 2 aromatic rings. The van der Waals surface area contributed by atoms with Crippen molar-refractivity contribution in [1.29, 1.82) is 0 Å². The molecule has 1 heterocycles. The molecule has 1 aliphatic heterocycles. The minimum Gasteiger partial charge on any atom is -0.485 e. The number of fused-ring (bicyclic) bond motifs is 1. The van der Waals surface area contributed by atoms with E-state index < -0.39 is 6.10 Å². The Morgan fingerprint density at radius 1 is 1.20 bits per heavy atom. The number of halogens is 2. The maximum atomic E-state index is 13.1. The predicted molar refractivity (Wildman–Crippen MR) is 75.5 cm³/mol. The van der Waals surface area contributed by atoms with Crippen LogP contribution >= 0.6 is 11.6 Å². The Labute approximate surface area is 121 Å². The molecule has 1 aliphatic rings. The molecule has 0 radical (unpaired) electrons. The zero-order valence-corrected chi connectivity index (χ0v) is 11.7. The van der Waals surface area contributed by atoms with Crippen molar-refractivity contribution in [2.24, 2.45) is 0 Å². The van der Waals surface area contributed by atoms with Crippen LogP contribution in [0.3, 0.4) is 0 Å². The second-order valence-electron chi connectivity index (χ2n) is 5.07. The zero-order valence-electron chi connectivity index (χ0n) is 10.9. The van der Waals surface area contributed by atoms with E-state index >= 15 is 0 Å². The van der Waals surface area contributed by atoms with Crippen LogP contribution in [0.4, 0.5) is 4.39 Å². The van der Waals surface area contributed by atoms with Crippen molar-refractivity contribution >= 4 is 11.6 Å². The van der Waals surface area contributed by atoms with E-state index in [4.69, 9.17) is 16.3 Å². The summed E-state index contributed by atoms with van der Waals surface area (Å²) < 4.78 is 19.0. The quantitative estimate of drug-likeness (QED) is 0.847. The van der Waals surface area contributed by atoms with E-state index in [2.05, 4.69) is 0 Å². The summed E-state index contributed by atoms with van der Waals surface area (Å²) in [5, 5.41) is 10.6. The third-order valence-corrected chi connectivity index (χ3v) is 3.87. The number of rotatable bonds is 1. The standard InChI is InChI=1S/C16H14ClFO2/c1-9-2-5-15-12(6-9)14(19)8-16(20-15)11-4-3-10(18)7-13(11)17/h2-7,14,16,19H,8H2,1H3. The van der Waals surface area contributed by atoms with Gasteiger partial charge in [-0.25, -0.2) is 4.39 Å². The Morgan fingerprint density at radius 2 is 2.00 bits per heavy atom. The van der Waals surface area contributed by atoms with Gasteiger partial charge in [-0.2, -0.15) is 0 Å². The van der Waals surface area contributed by atoms with E-state index in [1.807, 2.05) is 25.1 Å². The summed E-state index contributed by atoms with van der Waals surface area (Å²) in [5.74, 6) is 0.269. The SMILES string of the molecule is Cc1ccc2c(c1)C(O)CC(c1ccc(F)cc1Cl)O2. The van der Waals surface area contributed by atoms with Gasteiger partial charge < -0.3 is 9.84 Å². The topological polar surface area (TPSA) is 29.5 Å². The summed E-state index contributed by atoms with van der Waals surface area (Å²) in [6.07, 6.45) is -0.569. The fourth-order valence-corrected chi connectivity index (χ4v) is 2.81. The normalized spacial score (nSPS) is 21.2. The highest BCUT2D eigenvalue weighted by molar-refractivity contribution is 6.31. The summed E-state index contributed by atoms with van der Waals surface area (Å²) in [6.45, 7) is 1.97. The van der Waals surface area contributed by atoms with Crippen LogP contribution in [-0.4, -0.2) is 5.11 Å². The van der Waals surface area contributed by atoms with E-state index in [0.29, 0.717) is 22.8 Å². The lowest BCUT2D eigenvalue weighted by molar-refractivity contribution is 0.0657. The lowest BCUT2D eigenvalue weighted by Gasteiger charge is -2.30. The second-order valence-corrected chi connectivity index (χ2v) is 5.47. The molecule has 20 heavy (non-hydrogen) atoms. The van der Waals surface area contributed by atoms with Gasteiger partial charge in [-0.1, -0.05) is 29.3 Å². The number of ether oxygens (including phenoxy) is 1.